The molecule has 9 heteroatoms. The molecule has 0 rings (SSSR count). The summed E-state index contributed by atoms with van der Waals surface area (Å²) in [5, 5.41) is 0. The number of carbonyl (C=O) groups excluding carboxylic acids is 1. The summed E-state index contributed by atoms with van der Waals surface area (Å²) in [6.45, 7) is 5.31. The van der Waals surface area contributed by atoms with Gasteiger partial charge in [0.2, 0.25) is 0 Å². The van der Waals surface area contributed by atoms with Gasteiger partial charge in [-0.1, -0.05) is 197 Å². The van der Waals surface area contributed by atoms with E-state index in [1.54, 1.807) is 0 Å². The van der Waals surface area contributed by atoms with Gasteiger partial charge < -0.3 is 27.9 Å². The maximum atomic E-state index is 12.7. The van der Waals surface area contributed by atoms with Crippen molar-refractivity contribution in [1.82, 2.24) is 0 Å². The Morgan fingerprint density at radius 2 is 0.983 bits per heavy atom. The molecule has 0 radical (unpaired) electrons. The van der Waals surface area contributed by atoms with Crippen molar-refractivity contribution < 1.29 is 37.3 Å². The molecule has 0 heterocycles. The minimum absolute atomic E-state index is 0.0228. The molecule has 0 amide bonds. The van der Waals surface area contributed by atoms with Crippen molar-refractivity contribution in [2.45, 2.75) is 213 Å². The Morgan fingerprint density at radius 1 is 0.542 bits per heavy atom. The average Bonchev–Trinajstić information content (AvgIpc) is 3.19. The quantitative estimate of drug-likeness (QED) is 0.0198. The minimum atomic E-state index is -4.53. The molecule has 2 unspecified atom stereocenters. The van der Waals surface area contributed by atoms with Crippen LogP contribution in [0.3, 0.4) is 0 Å². The summed E-state index contributed by atoms with van der Waals surface area (Å²) < 4.78 is 34.7. The van der Waals surface area contributed by atoms with Crippen LogP contribution in [-0.4, -0.2) is 70.7 Å². The van der Waals surface area contributed by atoms with Crippen molar-refractivity contribution in [1.29, 1.82) is 0 Å². The fraction of sp³-hybridized carbons (Fsp3) is 0.820. The lowest BCUT2D eigenvalue weighted by Gasteiger charge is -2.28. The number of rotatable bonds is 45. The molecule has 0 aliphatic heterocycles. The predicted octanol–water partition coefficient (Wildman–Crippen LogP) is 14.1. The molecule has 346 valence electrons. The van der Waals surface area contributed by atoms with E-state index in [2.05, 4.69) is 62.5 Å². The third-order valence-corrected chi connectivity index (χ3v) is 11.4. The summed E-state index contributed by atoms with van der Waals surface area (Å²) in [7, 11) is 1.35. The molecule has 0 N–H and O–H groups in total. The highest BCUT2D eigenvalue weighted by Crippen LogP contribution is 2.38. The van der Waals surface area contributed by atoms with Crippen molar-refractivity contribution in [3.05, 3.63) is 48.6 Å². The first-order valence-corrected chi connectivity index (χ1v) is 25.8. The van der Waals surface area contributed by atoms with Crippen LogP contribution in [0, 0.1) is 0 Å². The maximum Gasteiger partial charge on any atom is 0.306 e. The van der Waals surface area contributed by atoms with Gasteiger partial charge in [-0.3, -0.25) is 9.36 Å². The Hall–Kier alpha value is -1.54. The van der Waals surface area contributed by atoms with Gasteiger partial charge in [0.05, 0.1) is 34.4 Å². The molecule has 0 spiro atoms. The Morgan fingerprint density at radius 3 is 1.47 bits per heavy atom. The number of ether oxygens (including phenoxy) is 2. The van der Waals surface area contributed by atoms with E-state index in [1.165, 1.54) is 116 Å². The predicted molar refractivity (Wildman–Crippen MR) is 250 cm³/mol. The summed E-state index contributed by atoms with van der Waals surface area (Å²) in [5.74, 6) is -0.346. The highest BCUT2D eigenvalue weighted by molar-refractivity contribution is 7.45. The molecular formula is C50H94NO7P. The fourth-order valence-corrected chi connectivity index (χ4v) is 7.38. The van der Waals surface area contributed by atoms with Crippen molar-refractivity contribution in [2.24, 2.45) is 0 Å². The largest absolute Gasteiger partial charge is 0.756 e. The monoisotopic (exact) mass is 852 g/mol. The lowest BCUT2D eigenvalue weighted by Crippen LogP contribution is -2.37. The Bertz CT molecular complexity index is 1080. The molecular weight excluding hydrogens is 758 g/mol. The molecule has 59 heavy (non-hydrogen) atoms. The van der Waals surface area contributed by atoms with E-state index < -0.39 is 13.9 Å². The molecule has 0 bridgehead atoms. The topological polar surface area (TPSA) is 94.1 Å². The van der Waals surface area contributed by atoms with Gasteiger partial charge in [0.25, 0.3) is 7.82 Å². The summed E-state index contributed by atoms with van der Waals surface area (Å²) in [6.07, 6.45) is 52.7. The zero-order chi connectivity index (χ0) is 43.4. The molecule has 8 nitrogen and oxygen atoms in total. The van der Waals surface area contributed by atoms with E-state index in [0.29, 0.717) is 24.1 Å². The number of phosphoric ester groups is 1. The lowest BCUT2D eigenvalue weighted by molar-refractivity contribution is -0.870. The Labute approximate surface area is 365 Å². The van der Waals surface area contributed by atoms with Gasteiger partial charge in [-0.05, 0) is 51.4 Å². The molecule has 0 aromatic rings. The molecule has 0 aliphatic rings. The maximum absolute atomic E-state index is 12.7. The van der Waals surface area contributed by atoms with Crippen LogP contribution >= 0.6 is 7.82 Å². The number of nitrogens with zero attached hydrogens (tertiary/aromatic N) is 1. The second kappa shape index (κ2) is 43.1. The van der Waals surface area contributed by atoms with Crippen molar-refractivity contribution >= 4 is 13.8 Å². The second-order valence-corrected chi connectivity index (χ2v) is 18.9. The van der Waals surface area contributed by atoms with Gasteiger partial charge in [-0.2, -0.15) is 0 Å². The molecule has 0 saturated carbocycles. The zero-order valence-corrected chi connectivity index (χ0v) is 40.1. The minimum Gasteiger partial charge on any atom is -0.756 e. The van der Waals surface area contributed by atoms with E-state index in [9.17, 15) is 14.3 Å². The van der Waals surface area contributed by atoms with Crippen LogP contribution in [0.2, 0.25) is 0 Å². The van der Waals surface area contributed by atoms with E-state index in [4.69, 9.17) is 18.5 Å². The van der Waals surface area contributed by atoms with Crippen LogP contribution in [0.1, 0.15) is 206 Å². The molecule has 0 aliphatic carbocycles. The first kappa shape index (κ1) is 57.5. The number of hydrogen-bond donors (Lipinski definition) is 0. The smallest absolute Gasteiger partial charge is 0.306 e. The van der Waals surface area contributed by atoms with Crippen LogP contribution in [0.15, 0.2) is 48.6 Å². The number of carbonyl (C=O) groups is 1. The van der Waals surface area contributed by atoms with E-state index in [1.807, 2.05) is 21.1 Å². The number of allylic oxidation sites excluding steroid dienone is 8. The first-order chi connectivity index (χ1) is 28.6. The number of quaternary nitrogens is 1. The van der Waals surface area contributed by atoms with E-state index >= 15 is 0 Å². The lowest BCUT2D eigenvalue weighted by atomic mass is 10.0. The van der Waals surface area contributed by atoms with E-state index in [-0.39, 0.29) is 25.8 Å². The average molecular weight is 852 g/mol. The standard InChI is InChI=1S/C50H94NO7P/c1-6-8-10-12-14-16-18-20-22-24-26-27-29-31-33-35-37-39-41-43-50(52)58-49(48-57-59(53,54)56-46-44-51(3,4)5)47-55-45-42-40-38-36-34-32-30-28-25-23-21-19-17-15-13-11-9-7-2/h8,10,14,16,20,22,26-27,49H,6-7,9,11-13,15,17-19,21,23-25,28-48H2,1-5H3/b10-8-,16-14-,22-20-,27-26-. The number of unbranched alkanes of at least 4 members (excludes halogenated alkanes) is 23. The van der Waals surface area contributed by atoms with Crippen LogP contribution in [0.5, 0.6) is 0 Å². The highest BCUT2D eigenvalue weighted by atomic mass is 31.2. The SMILES string of the molecule is CC/C=C\C/C=C\C/C=C\C/C=C\CCCCCCCCC(=O)OC(COCCCCCCCCCCCCCCCCCCCC)COP(=O)([O-])OCC[N+](C)(C)C. The third-order valence-electron chi connectivity index (χ3n) is 10.4. The van der Waals surface area contributed by atoms with Crippen molar-refractivity contribution in [3.63, 3.8) is 0 Å². The summed E-state index contributed by atoms with van der Waals surface area (Å²) in [5.41, 5.74) is 0. The number of hydrogen-bond acceptors (Lipinski definition) is 7. The molecule has 2 atom stereocenters. The van der Waals surface area contributed by atoms with Crippen molar-refractivity contribution in [3.8, 4) is 0 Å². The van der Waals surface area contributed by atoms with Gasteiger partial charge in [-0.15, -0.1) is 0 Å². The van der Waals surface area contributed by atoms with Gasteiger partial charge >= 0.3 is 5.97 Å². The van der Waals surface area contributed by atoms with Gasteiger partial charge in [-0.25, -0.2) is 0 Å². The number of phosphoric acid groups is 1. The molecule has 0 saturated heterocycles. The highest BCUT2D eigenvalue weighted by Gasteiger charge is 2.20. The Kier molecular flexibility index (Phi) is 42.0. The van der Waals surface area contributed by atoms with Crippen LogP contribution < -0.4 is 4.89 Å². The van der Waals surface area contributed by atoms with Gasteiger partial charge in [0.1, 0.15) is 19.3 Å². The molecule has 0 fully saturated rings. The summed E-state index contributed by atoms with van der Waals surface area (Å²) >= 11 is 0. The number of likely N-dealkylation sites (N-methyl/N-ethyl adjacent to an activating group) is 1. The van der Waals surface area contributed by atoms with Gasteiger partial charge in [0.15, 0.2) is 0 Å². The molecule has 0 aromatic carbocycles. The zero-order valence-electron chi connectivity index (χ0n) is 39.2. The van der Waals surface area contributed by atoms with Crippen LogP contribution in [0.25, 0.3) is 0 Å². The Balaban J connectivity index is 4.19. The van der Waals surface area contributed by atoms with E-state index in [0.717, 1.165) is 70.6 Å². The van der Waals surface area contributed by atoms with Crippen molar-refractivity contribution in [2.75, 3.05) is 54.1 Å². The fourth-order valence-electron chi connectivity index (χ4n) is 6.66. The number of esters is 1. The summed E-state index contributed by atoms with van der Waals surface area (Å²) in [6, 6.07) is 0. The van der Waals surface area contributed by atoms with Crippen LogP contribution in [0.4, 0.5) is 0 Å². The molecule has 0 aromatic heterocycles. The second-order valence-electron chi connectivity index (χ2n) is 17.4. The van der Waals surface area contributed by atoms with Crippen LogP contribution in [-0.2, 0) is 27.9 Å². The third kappa shape index (κ3) is 47.4. The van der Waals surface area contributed by atoms with Gasteiger partial charge in [0, 0.05) is 13.0 Å². The first-order valence-electron chi connectivity index (χ1n) is 24.4. The summed E-state index contributed by atoms with van der Waals surface area (Å²) in [4.78, 5) is 25.1. The normalized spacial score (nSPS) is 14.1.